The lowest BCUT2D eigenvalue weighted by molar-refractivity contribution is 0.265. The van der Waals surface area contributed by atoms with Crippen LogP contribution in [0.2, 0.25) is 0 Å². The van der Waals surface area contributed by atoms with Gasteiger partial charge in [0, 0.05) is 16.3 Å². The van der Waals surface area contributed by atoms with Crippen LogP contribution in [0, 0.1) is 0 Å². The molecule has 0 aliphatic rings. The summed E-state index contributed by atoms with van der Waals surface area (Å²) in [6, 6.07) is 16.0. The maximum atomic E-state index is 9.62. The average Bonchev–Trinajstić information content (AvgIpc) is 2.50. The second-order valence-electron chi connectivity index (χ2n) is 5.48. The van der Waals surface area contributed by atoms with Crippen molar-refractivity contribution in [1.29, 1.82) is 0 Å². The molecule has 0 spiro atoms. The van der Waals surface area contributed by atoms with Crippen LogP contribution < -0.4 is 0 Å². The van der Waals surface area contributed by atoms with E-state index in [1.807, 2.05) is 18.2 Å². The first-order valence-corrected chi connectivity index (χ1v) is 8.81. The number of rotatable bonds is 8. The van der Waals surface area contributed by atoms with Gasteiger partial charge in [-0.05, 0) is 55.8 Å². The van der Waals surface area contributed by atoms with Crippen LogP contribution in [0.25, 0.3) is 0 Å². The van der Waals surface area contributed by atoms with E-state index in [0.29, 0.717) is 5.75 Å². The molecule has 3 heteroatoms. The van der Waals surface area contributed by atoms with E-state index in [9.17, 15) is 5.11 Å². The van der Waals surface area contributed by atoms with Crippen molar-refractivity contribution in [2.75, 3.05) is 13.1 Å². The molecular weight excluding hydrogens is 290 g/mol. The SMILES string of the molecule is CCCN(CCC)Cc1ccccc1Sc1cccc(O)c1. The molecule has 0 aromatic heterocycles. The van der Waals surface area contributed by atoms with E-state index in [4.69, 9.17) is 0 Å². The Morgan fingerprint density at radius 1 is 0.955 bits per heavy atom. The molecule has 0 bridgehead atoms. The number of aromatic hydroxyl groups is 1. The van der Waals surface area contributed by atoms with Crippen molar-refractivity contribution in [3.05, 3.63) is 54.1 Å². The van der Waals surface area contributed by atoms with Gasteiger partial charge in [0.05, 0.1) is 0 Å². The maximum absolute atomic E-state index is 9.62. The standard InChI is InChI=1S/C19H25NOS/c1-3-12-20(13-4-2)15-16-8-5-6-11-19(16)22-18-10-7-9-17(21)14-18/h5-11,14,21H,3-4,12-13,15H2,1-2H3. The minimum atomic E-state index is 0.320. The van der Waals surface area contributed by atoms with Crippen LogP contribution in [0.1, 0.15) is 32.3 Å². The van der Waals surface area contributed by atoms with E-state index in [1.54, 1.807) is 17.8 Å². The van der Waals surface area contributed by atoms with Gasteiger partial charge in [-0.3, -0.25) is 4.90 Å². The lowest BCUT2D eigenvalue weighted by atomic mass is 10.2. The highest BCUT2D eigenvalue weighted by atomic mass is 32.2. The van der Waals surface area contributed by atoms with Crippen molar-refractivity contribution < 1.29 is 5.11 Å². The highest BCUT2D eigenvalue weighted by Gasteiger charge is 2.09. The fourth-order valence-electron chi connectivity index (χ4n) is 2.55. The quantitative estimate of drug-likeness (QED) is 0.727. The van der Waals surface area contributed by atoms with Gasteiger partial charge in [-0.15, -0.1) is 0 Å². The van der Waals surface area contributed by atoms with Crippen LogP contribution in [0.5, 0.6) is 5.75 Å². The van der Waals surface area contributed by atoms with E-state index in [2.05, 4.69) is 43.0 Å². The zero-order valence-corrected chi connectivity index (χ0v) is 14.3. The van der Waals surface area contributed by atoms with Gasteiger partial charge in [0.15, 0.2) is 0 Å². The second-order valence-corrected chi connectivity index (χ2v) is 6.60. The predicted molar refractivity (Wildman–Crippen MR) is 94.5 cm³/mol. The van der Waals surface area contributed by atoms with Crippen LogP contribution in [0.4, 0.5) is 0 Å². The number of hydrogen-bond acceptors (Lipinski definition) is 3. The van der Waals surface area contributed by atoms with Gasteiger partial charge in [-0.1, -0.05) is 49.9 Å². The van der Waals surface area contributed by atoms with Gasteiger partial charge in [-0.25, -0.2) is 0 Å². The molecule has 0 radical (unpaired) electrons. The zero-order valence-electron chi connectivity index (χ0n) is 13.5. The first-order chi connectivity index (χ1) is 10.7. The lowest BCUT2D eigenvalue weighted by Crippen LogP contribution is -2.25. The molecule has 118 valence electrons. The number of benzene rings is 2. The molecular formula is C19H25NOS. The molecule has 0 amide bonds. The van der Waals surface area contributed by atoms with Gasteiger partial charge >= 0.3 is 0 Å². The topological polar surface area (TPSA) is 23.5 Å². The average molecular weight is 315 g/mol. The van der Waals surface area contributed by atoms with Gasteiger partial charge < -0.3 is 5.11 Å². The van der Waals surface area contributed by atoms with Gasteiger partial charge in [0.2, 0.25) is 0 Å². The van der Waals surface area contributed by atoms with Crippen molar-refractivity contribution in [1.82, 2.24) is 4.90 Å². The third-order valence-electron chi connectivity index (χ3n) is 3.49. The van der Waals surface area contributed by atoms with Crippen molar-refractivity contribution in [2.24, 2.45) is 0 Å². The Morgan fingerprint density at radius 2 is 1.68 bits per heavy atom. The van der Waals surface area contributed by atoms with Crippen molar-refractivity contribution >= 4 is 11.8 Å². The number of phenolic OH excluding ortho intramolecular Hbond substituents is 1. The van der Waals surface area contributed by atoms with Crippen LogP contribution >= 0.6 is 11.8 Å². The van der Waals surface area contributed by atoms with Crippen LogP contribution in [0.3, 0.4) is 0 Å². The summed E-state index contributed by atoms with van der Waals surface area (Å²) in [7, 11) is 0. The molecule has 0 aliphatic heterocycles. The van der Waals surface area contributed by atoms with E-state index >= 15 is 0 Å². The van der Waals surface area contributed by atoms with Gasteiger partial charge in [0.25, 0.3) is 0 Å². The Bertz CT molecular complexity index is 579. The zero-order chi connectivity index (χ0) is 15.8. The molecule has 22 heavy (non-hydrogen) atoms. The van der Waals surface area contributed by atoms with E-state index in [0.717, 1.165) is 24.5 Å². The third-order valence-corrected chi connectivity index (χ3v) is 4.60. The van der Waals surface area contributed by atoms with Crippen LogP contribution in [-0.2, 0) is 6.54 Å². The summed E-state index contributed by atoms with van der Waals surface area (Å²) in [5.74, 6) is 0.320. The summed E-state index contributed by atoms with van der Waals surface area (Å²) in [5.41, 5.74) is 1.36. The van der Waals surface area contributed by atoms with Gasteiger partial charge in [0.1, 0.15) is 5.75 Å². The smallest absolute Gasteiger partial charge is 0.116 e. The fraction of sp³-hybridized carbons (Fsp3) is 0.368. The Morgan fingerprint density at radius 3 is 2.36 bits per heavy atom. The largest absolute Gasteiger partial charge is 0.508 e. The van der Waals surface area contributed by atoms with Crippen molar-refractivity contribution in [3.8, 4) is 5.75 Å². The van der Waals surface area contributed by atoms with E-state index in [-0.39, 0.29) is 0 Å². The molecule has 0 heterocycles. The molecule has 2 aromatic carbocycles. The number of hydrogen-bond donors (Lipinski definition) is 1. The molecule has 2 aromatic rings. The molecule has 0 aliphatic carbocycles. The van der Waals surface area contributed by atoms with E-state index < -0.39 is 0 Å². The first kappa shape index (κ1) is 16.9. The normalized spacial score (nSPS) is 11.0. The van der Waals surface area contributed by atoms with Gasteiger partial charge in [-0.2, -0.15) is 0 Å². The number of nitrogens with zero attached hydrogens (tertiary/aromatic N) is 1. The number of phenols is 1. The van der Waals surface area contributed by atoms with Crippen LogP contribution in [-0.4, -0.2) is 23.1 Å². The molecule has 2 nitrogen and oxygen atoms in total. The van der Waals surface area contributed by atoms with Crippen molar-refractivity contribution in [3.63, 3.8) is 0 Å². The molecule has 0 saturated carbocycles. The summed E-state index contributed by atoms with van der Waals surface area (Å²) in [6.07, 6.45) is 2.36. The molecule has 1 N–H and O–H groups in total. The summed E-state index contributed by atoms with van der Waals surface area (Å²) >= 11 is 1.72. The second kappa shape index (κ2) is 8.86. The van der Waals surface area contributed by atoms with Crippen molar-refractivity contribution in [2.45, 2.75) is 43.0 Å². The monoisotopic (exact) mass is 315 g/mol. The third kappa shape index (κ3) is 5.08. The van der Waals surface area contributed by atoms with E-state index in [1.165, 1.54) is 23.3 Å². The summed E-state index contributed by atoms with van der Waals surface area (Å²) in [4.78, 5) is 4.86. The Balaban J connectivity index is 2.15. The van der Waals surface area contributed by atoms with Crippen LogP contribution in [0.15, 0.2) is 58.3 Å². The fourth-order valence-corrected chi connectivity index (χ4v) is 3.54. The summed E-state index contributed by atoms with van der Waals surface area (Å²) in [6.45, 7) is 7.73. The summed E-state index contributed by atoms with van der Waals surface area (Å²) < 4.78 is 0. The highest BCUT2D eigenvalue weighted by molar-refractivity contribution is 7.99. The molecule has 0 fully saturated rings. The summed E-state index contributed by atoms with van der Waals surface area (Å²) in [5, 5.41) is 9.62. The Labute approximate surface area is 138 Å². The Hall–Kier alpha value is -1.45. The Kier molecular flexibility index (Phi) is 6.81. The maximum Gasteiger partial charge on any atom is 0.116 e. The predicted octanol–water partition coefficient (Wildman–Crippen LogP) is 5.17. The highest BCUT2D eigenvalue weighted by Crippen LogP contribution is 2.32. The minimum Gasteiger partial charge on any atom is -0.508 e. The minimum absolute atomic E-state index is 0.320. The molecule has 0 unspecified atom stereocenters. The molecule has 0 saturated heterocycles. The molecule has 2 rings (SSSR count). The lowest BCUT2D eigenvalue weighted by Gasteiger charge is -2.22. The molecule has 0 atom stereocenters. The first-order valence-electron chi connectivity index (χ1n) is 8.00.